The third kappa shape index (κ3) is 3.66. The molecule has 0 aliphatic rings. The summed E-state index contributed by atoms with van der Waals surface area (Å²) in [6.45, 7) is 0. The number of benzene rings is 1. The second kappa shape index (κ2) is 5.99. The van der Waals surface area contributed by atoms with Gasteiger partial charge in [-0.05, 0) is 23.8 Å². The van der Waals surface area contributed by atoms with Crippen molar-refractivity contribution in [1.82, 2.24) is 10.2 Å². The third-order valence-corrected chi connectivity index (χ3v) is 4.82. The maximum Gasteiger partial charge on any atom is 0.208 e. The van der Waals surface area contributed by atoms with Crippen molar-refractivity contribution < 1.29 is 4.39 Å². The van der Waals surface area contributed by atoms with Crippen molar-refractivity contribution in [2.75, 3.05) is 19.0 Å². The van der Waals surface area contributed by atoms with E-state index >= 15 is 0 Å². The van der Waals surface area contributed by atoms with E-state index < -0.39 is 0 Å². The first kappa shape index (κ1) is 13.8. The fourth-order valence-electron chi connectivity index (χ4n) is 1.28. The molecule has 96 valence electrons. The zero-order chi connectivity index (χ0) is 13.1. The molecule has 2 rings (SSSR count). The van der Waals surface area contributed by atoms with Crippen LogP contribution in [0.25, 0.3) is 0 Å². The highest BCUT2D eigenvalue weighted by molar-refractivity contribution is 9.10. The van der Waals surface area contributed by atoms with Crippen LogP contribution in [0.2, 0.25) is 0 Å². The van der Waals surface area contributed by atoms with Crippen LogP contribution in [0.5, 0.6) is 0 Å². The molecule has 2 aromatic rings. The summed E-state index contributed by atoms with van der Waals surface area (Å²) in [5.41, 5.74) is 0.925. The first-order chi connectivity index (χ1) is 8.54. The van der Waals surface area contributed by atoms with E-state index in [1.165, 1.54) is 23.5 Å². The van der Waals surface area contributed by atoms with Gasteiger partial charge in [0.25, 0.3) is 0 Å². The smallest absolute Gasteiger partial charge is 0.208 e. The van der Waals surface area contributed by atoms with Crippen molar-refractivity contribution in [3.05, 3.63) is 34.1 Å². The van der Waals surface area contributed by atoms with Gasteiger partial charge in [-0.3, -0.25) is 0 Å². The summed E-state index contributed by atoms with van der Waals surface area (Å²) in [5.74, 6) is 0.449. The molecule has 0 amide bonds. The highest BCUT2D eigenvalue weighted by Gasteiger charge is 2.07. The Labute approximate surface area is 122 Å². The topological polar surface area (TPSA) is 29.0 Å². The van der Waals surface area contributed by atoms with Gasteiger partial charge in [0.1, 0.15) is 5.82 Å². The van der Waals surface area contributed by atoms with Crippen LogP contribution in [0, 0.1) is 5.82 Å². The Balaban J connectivity index is 2.02. The minimum absolute atomic E-state index is 0.230. The van der Waals surface area contributed by atoms with E-state index in [1.807, 2.05) is 25.1 Å². The summed E-state index contributed by atoms with van der Waals surface area (Å²) in [7, 11) is 3.86. The lowest BCUT2D eigenvalue weighted by Gasteiger charge is -2.03. The van der Waals surface area contributed by atoms with Gasteiger partial charge >= 0.3 is 0 Å². The van der Waals surface area contributed by atoms with Gasteiger partial charge in [0.2, 0.25) is 5.13 Å². The monoisotopic (exact) mass is 347 g/mol. The standard InChI is InChI=1S/C11H11BrFN3S2/c1-16(2)10-14-15-11(18-10)17-6-7-3-8(12)5-9(13)4-7/h3-5H,6H2,1-2H3. The second-order valence-corrected chi connectivity index (χ2v) is 6.91. The number of aromatic nitrogens is 2. The Morgan fingerprint density at radius 3 is 2.72 bits per heavy atom. The summed E-state index contributed by atoms with van der Waals surface area (Å²) in [6.07, 6.45) is 0. The normalized spacial score (nSPS) is 10.7. The lowest BCUT2D eigenvalue weighted by molar-refractivity contribution is 0.625. The van der Waals surface area contributed by atoms with Gasteiger partial charge in [-0.15, -0.1) is 10.2 Å². The Kier molecular flexibility index (Phi) is 4.58. The summed E-state index contributed by atoms with van der Waals surface area (Å²) in [6, 6.07) is 4.89. The highest BCUT2D eigenvalue weighted by Crippen LogP contribution is 2.30. The molecule has 0 unspecified atom stereocenters. The third-order valence-electron chi connectivity index (χ3n) is 2.06. The lowest BCUT2D eigenvalue weighted by Crippen LogP contribution is -2.07. The molecule has 0 saturated carbocycles. The minimum atomic E-state index is -0.230. The largest absolute Gasteiger partial charge is 0.353 e. The number of anilines is 1. The van der Waals surface area contributed by atoms with Crippen molar-refractivity contribution in [2.24, 2.45) is 0 Å². The molecule has 0 aliphatic heterocycles. The molecule has 0 aliphatic carbocycles. The van der Waals surface area contributed by atoms with E-state index in [2.05, 4.69) is 26.1 Å². The number of rotatable bonds is 4. The average molecular weight is 348 g/mol. The zero-order valence-corrected chi connectivity index (χ0v) is 13.1. The molecular weight excluding hydrogens is 337 g/mol. The SMILES string of the molecule is CN(C)c1nnc(SCc2cc(F)cc(Br)c2)s1. The molecule has 0 fully saturated rings. The van der Waals surface area contributed by atoms with E-state index in [0.717, 1.165) is 19.5 Å². The number of hydrogen-bond acceptors (Lipinski definition) is 5. The van der Waals surface area contributed by atoms with Crippen LogP contribution in [-0.2, 0) is 5.75 Å². The van der Waals surface area contributed by atoms with E-state index in [1.54, 1.807) is 11.8 Å². The number of halogens is 2. The van der Waals surface area contributed by atoms with Gasteiger partial charge in [-0.2, -0.15) is 0 Å². The summed E-state index contributed by atoms with van der Waals surface area (Å²) in [5, 5.41) is 9.01. The fourth-order valence-corrected chi connectivity index (χ4v) is 3.49. The van der Waals surface area contributed by atoms with Crippen LogP contribution < -0.4 is 4.90 Å². The second-order valence-electron chi connectivity index (χ2n) is 3.81. The van der Waals surface area contributed by atoms with Gasteiger partial charge in [-0.25, -0.2) is 4.39 Å². The van der Waals surface area contributed by atoms with E-state index in [4.69, 9.17) is 0 Å². The molecule has 7 heteroatoms. The van der Waals surface area contributed by atoms with Crippen LogP contribution in [0.4, 0.5) is 9.52 Å². The molecule has 0 saturated heterocycles. The van der Waals surface area contributed by atoms with Gasteiger partial charge in [0, 0.05) is 24.3 Å². The molecular formula is C11H11BrFN3S2. The van der Waals surface area contributed by atoms with E-state index in [-0.39, 0.29) is 5.82 Å². The van der Waals surface area contributed by atoms with Crippen LogP contribution in [0.1, 0.15) is 5.56 Å². The molecule has 0 N–H and O–H groups in total. The van der Waals surface area contributed by atoms with Crippen LogP contribution in [0.15, 0.2) is 27.0 Å². The highest BCUT2D eigenvalue weighted by atomic mass is 79.9. The summed E-state index contributed by atoms with van der Waals surface area (Å²) >= 11 is 6.37. The minimum Gasteiger partial charge on any atom is -0.353 e. The van der Waals surface area contributed by atoms with Crippen LogP contribution in [0.3, 0.4) is 0 Å². The Hall–Kier alpha value is -0.660. The number of hydrogen-bond donors (Lipinski definition) is 0. The van der Waals surface area contributed by atoms with Gasteiger partial charge in [0.15, 0.2) is 4.34 Å². The number of nitrogens with zero attached hydrogens (tertiary/aromatic N) is 3. The molecule has 0 atom stereocenters. The first-order valence-corrected chi connectivity index (χ1v) is 7.72. The predicted octanol–water partition coefficient (Wildman–Crippen LogP) is 3.80. The molecule has 1 heterocycles. The first-order valence-electron chi connectivity index (χ1n) is 5.13. The summed E-state index contributed by atoms with van der Waals surface area (Å²) < 4.78 is 14.8. The van der Waals surface area contributed by atoms with Crippen molar-refractivity contribution in [3.63, 3.8) is 0 Å². The van der Waals surface area contributed by atoms with Crippen molar-refractivity contribution >= 4 is 44.2 Å². The van der Waals surface area contributed by atoms with Crippen molar-refractivity contribution in [1.29, 1.82) is 0 Å². The molecule has 0 bridgehead atoms. The van der Waals surface area contributed by atoms with Gasteiger partial charge in [0.05, 0.1) is 0 Å². The molecule has 1 aromatic carbocycles. The van der Waals surface area contributed by atoms with Crippen LogP contribution in [-0.4, -0.2) is 24.3 Å². The van der Waals surface area contributed by atoms with Crippen molar-refractivity contribution in [3.8, 4) is 0 Å². The van der Waals surface area contributed by atoms with Gasteiger partial charge < -0.3 is 4.90 Å². The van der Waals surface area contributed by atoms with E-state index in [0.29, 0.717) is 5.75 Å². The quantitative estimate of drug-likeness (QED) is 0.786. The predicted molar refractivity (Wildman–Crippen MR) is 77.9 cm³/mol. The average Bonchev–Trinajstić information content (AvgIpc) is 2.73. The molecule has 0 spiro atoms. The Bertz CT molecular complexity index is 525. The Morgan fingerprint density at radius 1 is 1.33 bits per heavy atom. The zero-order valence-electron chi connectivity index (χ0n) is 9.85. The fraction of sp³-hybridized carbons (Fsp3) is 0.273. The van der Waals surface area contributed by atoms with Gasteiger partial charge in [-0.1, -0.05) is 39.0 Å². The number of thioether (sulfide) groups is 1. The maximum absolute atomic E-state index is 13.2. The van der Waals surface area contributed by atoms with E-state index in [9.17, 15) is 4.39 Å². The molecule has 3 nitrogen and oxygen atoms in total. The Morgan fingerprint density at radius 2 is 2.11 bits per heavy atom. The molecule has 0 radical (unpaired) electrons. The van der Waals surface area contributed by atoms with Crippen molar-refractivity contribution in [2.45, 2.75) is 10.1 Å². The van der Waals surface area contributed by atoms with Crippen LogP contribution >= 0.6 is 39.0 Å². The lowest BCUT2D eigenvalue weighted by atomic mass is 10.2. The molecule has 18 heavy (non-hydrogen) atoms. The maximum atomic E-state index is 13.2. The molecule has 1 aromatic heterocycles. The summed E-state index contributed by atoms with van der Waals surface area (Å²) in [4.78, 5) is 1.92.